The van der Waals surface area contributed by atoms with Gasteiger partial charge in [-0.15, -0.1) is 11.3 Å². The molecule has 4 aromatic rings. The van der Waals surface area contributed by atoms with E-state index in [2.05, 4.69) is 15.0 Å². The first kappa shape index (κ1) is 26.0. The van der Waals surface area contributed by atoms with Crippen molar-refractivity contribution in [3.8, 4) is 11.5 Å². The van der Waals surface area contributed by atoms with Crippen molar-refractivity contribution in [1.29, 1.82) is 0 Å². The van der Waals surface area contributed by atoms with Gasteiger partial charge in [0, 0.05) is 31.6 Å². The lowest BCUT2D eigenvalue weighted by molar-refractivity contribution is -0.140. The number of esters is 1. The van der Waals surface area contributed by atoms with E-state index in [9.17, 15) is 18.8 Å². The minimum Gasteiger partial charge on any atom is -0.469 e. The van der Waals surface area contributed by atoms with Crippen molar-refractivity contribution in [2.24, 2.45) is 0 Å². The van der Waals surface area contributed by atoms with Crippen molar-refractivity contribution in [3.05, 3.63) is 88.2 Å². The fraction of sp³-hybridized carbons (Fsp3) is 0.214. The number of fused-ring (bicyclic) bond motifs is 1. The molecule has 0 atom stereocenters. The summed E-state index contributed by atoms with van der Waals surface area (Å²) >= 11 is 1.24. The quantitative estimate of drug-likeness (QED) is 0.290. The van der Waals surface area contributed by atoms with Crippen LogP contribution in [-0.4, -0.2) is 36.3 Å². The number of nitrogens with zero attached hydrogens (tertiary/aromatic N) is 1. The zero-order chi connectivity index (χ0) is 26.4. The number of ketones is 1. The van der Waals surface area contributed by atoms with Gasteiger partial charge in [0.05, 0.1) is 28.6 Å². The van der Waals surface area contributed by atoms with Crippen LogP contribution in [0, 0.1) is 12.7 Å². The van der Waals surface area contributed by atoms with Gasteiger partial charge in [-0.1, -0.05) is 29.8 Å². The molecule has 190 valence electrons. The predicted octanol–water partition coefficient (Wildman–Crippen LogP) is 5.18. The summed E-state index contributed by atoms with van der Waals surface area (Å²) in [5.41, 5.74) is 2.73. The summed E-state index contributed by atoms with van der Waals surface area (Å²) in [4.78, 5) is 40.9. The van der Waals surface area contributed by atoms with Crippen LogP contribution in [0.1, 0.15) is 32.8 Å². The Balaban J connectivity index is 1.40. The molecule has 7 nitrogen and oxygen atoms in total. The van der Waals surface area contributed by atoms with Gasteiger partial charge < -0.3 is 14.8 Å². The van der Waals surface area contributed by atoms with E-state index in [1.165, 1.54) is 24.5 Å². The Bertz CT molecular complexity index is 1450. The molecule has 2 aromatic heterocycles. The summed E-state index contributed by atoms with van der Waals surface area (Å²) in [5.74, 6) is -0.0537. The molecular weight excluding hydrogens is 495 g/mol. The largest absolute Gasteiger partial charge is 0.469 e. The first-order valence-corrected chi connectivity index (χ1v) is 12.4. The Kier molecular flexibility index (Phi) is 8.25. The topological polar surface area (TPSA) is 94.6 Å². The molecular formula is C28H25FN2O5S. The van der Waals surface area contributed by atoms with E-state index in [0.717, 1.165) is 11.1 Å². The standard InChI is InChI=1S/C28H25FN2O5S/c1-17-3-8-22(29)19(13-17)15-20(32)14-18-4-6-21(7-5-18)36-24-9-11-30-23-16-25(37-27(23)24)28(34)31-12-10-26(33)35-2/h3-9,11,13,16H,10,12,14-15H2,1-2H3,(H,31,34). The smallest absolute Gasteiger partial charge is 0.307 e. The molecule has 2 heterocycles. The summed E-state index contributed by atoms with van der Waals surface area (Å²) in [5, 5.41) is 2.69. The molecule has 0 aliphatic rings. The minimum absolute atomic E-state index is 0.0394. The highest BCUT2D eigenvalue weighted by Gasteiger charge is 2.15. The lowest BCUT2D eigenvalue weighted by Gasteiger charge is -2.08. The Labute approximate surface area is 217 Å². The SMILES string of the molecule is COC(=O)CCNC(=O)c1cc2nccc(Oc3ccc(CC(=O)Cc4cc(C)ccc4F)cc3)c2s1. The predicted molar refractivity (Wildman–Crippen MR) is 139 cm³/mol. The lowest BCUT2D eigenvalue weighted by atomic mass is 10.0. The van der Waals surface area contributed by atoms with Crippen LogP contribution in [0.25, 0.3) is 10.2 Å². The van der Waals surface area contributed by atoms with Gasteiger partial charge in [-0.05, 0) is 42.3 Å². The number of ether oxygens (including phenoxy) is 2. The van der Waals surface area contributed by atoms with Crippen LogP contribution in [0.15, 0.2) is 60.8 Å². The van der Waals surface area contributed by atoms with Crippen LogP contribution in [0.3, 0.4) is 0 Å². The molecule has 0 saturated carbocycles. The van der Waals surface area contributed by atoms with Crippen LogP contribution in [0.5, 0.6) is 11.5 Å². The molecule has 0 radical (unpaired) electrons. The summed E-state index contributed by atoms with van der Waals surface area (Å²) < 4.78 is 25.3. The highest BCUT2D eigenvalue weighted by atomic mass is 32.1. The molecule has 9 heteroatoms. The summed E-state index contributed by atoms with van der Waals surface area (Å²) in [7, 11) is 1.30. The highest BCUT2D eigenvalue weighted by molar-refractivity contribution is 7.21. The molecule has 0 spiro atoms. The van der Waals surface area contributed by atoms with Gasteiger partial charge in [0.1, 0.15) is 23.1 Å². The summed E-state index contributed by atoms with van der Waals surface area (Å²) in [6, 6.07) is 15.3. The summed E-state index contributed by atoms with van der Waals surface area (Å²) in [6.45, 7) is 2.04. The number of aryl methyl sites for hydroxylation is 1. The highest BCUT2D eigenvalue weighted by Crippen LogP contribution is 2.35. The van der Waals surface area contributed by atoms with Crippen molar-refractivity contribution in [3.63, 3.8) is 0 Å². The van der Waals surface area contributed by atoms with Gasteiger partial charge in [0.25, 0.3) is 5.91 Å². The fourth-order valence-electron chi connectivity index (χ4n) is 3.72. The Morgan fingerprint density at radius 3 is 2.57 bits per heavy atom. The number of carbonyl (C=O) groups is 3. The molecule has 0 saturated heterocycles. The first-order chi connectivity index (χ1) is 17.8. The second kappa shape index (κ2) is 11.7. The molecule has 1 N–H and O–H groups in total. The van der Waals surface area contributed by atoms with Crippen LogP contribution in [0.4, 0.5) is 4.39 Å². The van der Waals surface area contributed by atoms with Crippen molar-refractivity contribution in [2.45, 2.75) is 26.2 Å². The summed E-state index contributed by atoms with van der Waals surface area (Å²) in [6.07, 6.45) is 1.91. The van der Waals surface area contributed by atoms with E-state index in [4.69, 9.17) is 4.74 Å². The third kappa shape index (κ3) is 6.77. The molecule has 0 bridgehead atoms. The van der Waals surface area contributed by atoms with Crippen LogP contribution < -0.4 is 10.1 Å². The van der Waals surface area contributed by atoms with Gasteiger partial charge >= 0.3 is 5.97 Å². The number of methoxy groups -OCH3 is 1. The van der Waals surface area contributed by atoms with Gasteiger partial charge in [0.2, 0.25) is 0 Å². The number of halogens is 1. The van der Waals surface area contributed by atoms with Gasteiger partial charge in [-0.3, -0.25) is 19.4 Å². The first-order valence-electron chi connectivity index (χ1n) is 11.6. The number of amides is 1. The van der Waals surface area contributed by atoms with Gasteiger partial charge in [-0.2, -0.15) is 0 Å². The van der Waals surface area contributed by atoms with E-state index in [0.29, 0.717) is 32.2 Å². The Hall–Kier alpha value is -4.11. The number of pyridine rings is 1. The Morgan fingerprint density at radius 2 is 1.81 bits per heavy atom. The number of Topliss-reactive ketones (excluding diaryl/α,β-unsaturated/α-hetero) is 1. The third-order valence-electron chi connectivity index (χ3n) is 5.58. The number of rotatable bonds is 10. The molecule has 1 amide bonds. The maximum Gasteiger partial charge on any atom is 0.307 e. The zero-order valence-electron chi connectivity index (χ0n) is 20.4. The minimum atomic E-state index is -0.399. The Morgan fingerprint density at radius 1 is 1.03 bits per heavy atom. The number of benzene rings is 2. The average Bonchev–Trinajstić information content (AvgIpc) is 3.33. The maximum absolute atomic E-state index is 14.0. The number of thiophene rings is 1. The average molecular weight is 521 g/mol. The second-order valence-corrected chi connectivity index (χ2v) is 9.50. The van der Waals surface area contributed by atoms with E-state index in [1.807, 2.05) is 6.92 Å². The van der Waals surface area contributed by atoms with Crippen molar-refractivity contribution in [1.82, 2.24) is 10.3 Å². The fourth-order valence-corrected chi connectivity index (χ4v) is 4.70. The molecule has 4 rings (SSSR count). The zero-order valence-corrected chi connectivity index (χ0v) is 21.2. The number of hydrogen-bond acceptors (Lipinski definition) is 7. The number of carbonyl (C=O) groups excluding carboxylic acids is 3. The van der Waals surface area contributed by atoms with E-state index >= 15 is 0 Å². The van der Waals surface area contributed by atoms with Gasteiger partial charge in [0.15, 0.2) is 0 Å². The normalized spacial score (nSPS) is 10.8. The van der Waals surface area contributed by atoms with E-state index in [-0.39, 0.29) is 43.3 Å². The van der Waals surface area contributed by atoms with Crippen LogP contribution >= 0.6 is 11.3 Å². The van der Waals surface area contributed by atoms with Crippen molar-refractivity contribution in [2.75, 3.05) is 13.7 Å². The maximum atomic E-state index is 14.0. The van der Waals surface area contributed by atoms with Crippen molar-refractivity contribution >= 4 is 39.2 Å². The number of hydrogen-bond donors (Lipinski definition) is 1. The number of nitrogens with one attached hydrogen (secondary N) is 1. The lowest BCUT2D eigenvalue weighted by Crippen LogP contribution is -2.25. The third-order valence-corrected chi connectivity index (χ3v) is 6.72. The molecule has 0 unspecified atom stereocenters. The van der Waals surface area contributed by atoms with E-state index < -0.39 is 5.97 Å². The molecule has 37 heavy (non-hydrogen) atoms. The molecule has 2 aromatic carbocycles. The van der Waals surface area contributed by atoms with Crippen molar-refractivity contribution < 1.29 is 28.2 Å². The van der Waals surface area contributed by atoms with E-state index in [1.54, 1.807) is 54.7 Å². The second-order valence-electron chi connectivity index (χ2n) is 8.45. The molecule has 0 aliphatic carbocycles. The van der Waals surface area contributed by atoms with Gasteiger partial charge in [-0.25, -0.2) is 4.39 Å². The number of aromatic nitrogens is 1. The van der Waals surface area contributed by atoms with Crippen LogP contribution in [-0.2, 0) is 27.2 Å². The molecule has 0 aliphatic heterocycles. The monoisotopic (exact) mass is 520 g/mol. The molecule has 0 fully saturated rings. The van der Waals surface area contributed by atoms with Crippen LogP contribution in [0.2, 0.25) is 0 Å².